The van der Waals surface area contributed by atoms with Crippen LogP contribution in [0.5, 0.6) is 0 Å². The highest BCUT2D eigenvalue weighted by molar-refractivity contribution is 8.03. The van der Waals surface area contributed by atoms with E-state index in [-0.39, 0.29) is 52.7 Å². The van der Waals surface area contributed by atoms with Gasteiger partial charge in [-0.3, -0.25) is 9.59 Å². The largest absolute Gasteiger partial charge is 0.477 e. The van der Waals surface area contributed by atoms with Crippen molar-refractivity contribution in [2.75, 3.05) is 27.2 Å². The average Bonchev–Trinajstić information content (AvgIpc) is 3.24. The lowest BCUT2D eigenvalue weighted by atomic mass is 9.78. The predicted octanol–water partition coefficient (Wildman–Crippen LogP) is 1.09. The summed E-state index contributed by atoms with van der Waals surface area (Å²) in [5.74, 6) is -1.33. The van der Waals surface area contributed by atoms with Crippen molar-refractivity contribution in [3.8, 4) is 0 Å². The highest BCUT2D eigenvalue weighted by atomic mass is 32.2. The summed E-state index contributed by atoms with van der Waals surface area (Å²) < 4.78 is 0. The second-order valence-electron chi connectivity index (χ2n) is 8.80. The highest BCUT2D eigenvalue weighted by Gasteiger charge is 2.60. The van der Waals surface area contributed by atoms with E-state index in [9.17, 15) is 19.5 Å². The first kappa shape index (κ1) is 23.1. The Bertz CT molecular complexity index is 741. The van der Waals surface area contributed by atoms with Crippen molar-refractivity contribution >= 4 is 29.5 Å². The summed E-state index contributed by atoms with van der Waals surface area (Å²) in [4.78, 5) is 41.0. The number of fused-ring (bicyclic) bond motifs is 1. The van der Waals surface area contributed by atoms with Crippen LogP contribution in [0.1, 0.15) is 40.0 Å². The van der Waals surface area contributed by atoms with Crippen LogP contribution in [0.4, 0.5) is 0 Å². The monoisotopic (exact) mass is 438 g/mol. The molecule has 2 fully saturated rings. The fourth-order valence-corrected chi connectivity index (χ4v) is 6.28. The number of likely N-dealkylation sites (N-methyl/N-ethyl adjacent to an activating group) is 1. The molecule has 0 aromatic heterocycles. The molecule has 6 atom stereocenters. The van der Waals surface area contributed by atoms with Crippen LogP contribution in [0.25, 0.3) is 0 Å². The van der Waals surface area contributed by atoms with Gasteiger partial charge in [-0.25, -0.2) is 4.79 Å². The van der Waals surface area contributed by atoms with Gasteiger partial charge in [-0.15, -0.1) is 11.8 Å². The predicted molar refractivity (Wildman–Crippen MR) is 117 cm³/mol. The molecule has 3 rings (SSSR count). The number of thioether (sulfide) groups is 1. The third-order valence-corrected chi connectivity index (χ3v) is 7.96. The first-order chi connectivity index (χ1) is 14.2. The summed E-state index contributed by atoms with van der Waals surface area (Å²) in [5, 5.41) is 16.7. The van der Waals surface area contributed by atoms with E-state index in [1.165, 1.54) is 16.7 Å². The van der Waals surface area contributed by atoms with Crippen molar-refractivity contribution in [2.45, 2.75) is 63.4 Å². The SMILES string of the molecule is CCCCN[C@H](C)[C@H]1C(=O)N2C(C(=O)O)=C(S[C@@H]3CN[C@H](C(=O)N(C)C)C3)[C@H](C)[C@H]12. The minimum absolute atomic E-state index is 0.0161. The first-order valence-electron chi connectivity index (χ1n) is 10.8. The van der Waals surface area contributed by atoms with Crippen molar-refractivity contribution in [2.24, 2.45) is 11.8 Å². The molecule has 8 nitrogen and oxygen atoms in total. The summed E-state index contributed by atoms with van der Waals surface area (Å²) in [6.45, 7) is 7.68. The zero-order chi connectivity index (χ0) is 22.2. The van der Waals surface area contributed by atoms with E-state index in [1.807, 2.05) is 13.8 Å². The molecule has 0 aliphatic carbocycles. The van der Waals surface area contributed by atoms with E-state index in [0.29, 0.717) is 13.0 Å². The normalized spacial score (nSPS) is 31.6. The molecule has 0 spiro atoms. The van der Waals surface area contributed by atoms with Crippen LogP contribution in [0.3, 0.4) is 0 Å². The number of β-lactam (4-membered cyclic amide) rings is 1. The average molecular weight is 439 g/mol. The minimum Gasteiger partial charge on any atom is -0.477 e. The minimum atomic E-state index is -1.04. The Morgan fingerprint density at radius 3 is 2.70 bits per heavy atom. The maximum atomic E-state index is 12.9. The van der Waals surface area contributed by atoms with E-state index in [2.05, 4.69) is 17.6 Å². The molecule has 2 amide bonds. The van der Waals surface area contributed by atoms with E-state index in [1.54, 1.807) is 19.0 Å². The Labute approximate surface area is 182 Å². The number of nitrogens with zero attached hydrogens (tertiary/aromatic N) is 2. The molecule has 9 heteroatoms. The number of rotatable bonds is 9. The van der Waals surface area contributed by atoms with Crippen molar-refractivity contribution in [1.29, 1.82) is 0 Å². The van der Waals surface area contributed by atoms with Gasteiger partial charge in [0.1, 0.15) is 5.70 Å². The summed E-state index contributed by atoms with van der Waals surface area (Å²) in [5.41, 5.74) is 0.141. The Morgan fingerprint density at radius 1 is 1.40 bits per heavy atom. The number of amides is 2. The third-order valence-electron chi connectivity index (χ3n) is 6.45. The van der Waals surface area contributed by atoms with Crippen LogP contribution in [-0.2, 0) is 14.4 Å². The molecular formula is C21H34N4O4S. The van der Waals surface area contributed by atoms with Crippen LogP contribution < -0.4 is 10.6 Å². The van der Waals surface area contributed by atoms with E-state index in [0.717, 1.165) is 24.3 Å². The molecule has 0 unspecified atom stereocenters. The molecule has 0 saturated carbocycles. The molecule has 3 aliphatic heterocycles. The molecule has 168 valence electrons. The number of carboxylic acids is 1. The van der Waals surface area contributed by atoms with E-state index >= 15 is 0 Å². The topological polar surface area (TPSA) is 102 Å². The molecule has 2 saturated heterocycles. The third kappa shape index (κ3) is 4.11. The van der Waals surface area contributed by atoms with Gasteiger partial charge < -0.3 is 25.5 Å². The Hall–Kier alpha value is -1.58. The van der Waals surface area contributed by atoms with Gasteiger partial charge in [0.05, 0.1) is 18.0 Å². The van der Waals surface area contributed by atoms with Crippen molar-refractivity contribution in [3.05, 3.63) is 10.6 Å². The molecule has 0 aromatic rings. The summed E-state index contributed by atoms with van der Waals surface area (Å²) in [7, 11) is 3.47. The maximum Gasteiger partial charge on any atom is 0.353 e. The molecule has 0 aromatic carbocycles. The quantitative estimate of drug-likeness (QED) is 0.366. The van der Waals surface area contributed by atoms with Gasteiger partial charge in [0.25, 0.3) is 0 Å². The van der Waals surface area contributed by atoms with E-state index in [4.69, 9.17) is 0 Å². The van der Waals surface area contributed by atoms with Gasteiger partial charge >= 0.3 is 5.97 Å². The maximum absolute atomic E-state index is 12.9. The second-order valence-corrected chi connectivity index (χ2v) is 10.1. The molecule has 0 bridgehead atoms. The van der Waals surface area contributed by atoms with Gasteiger partial charge in [-0.05, 0) is 26.3 Å². The molecular weight excluding hydrogens is 404 g/mol. The molecule has 3 aliphatic rings. The van der Waals surface area contributed by atoms with Crippen molar-refractivity contribution in [3.63, 3.8) is 0 Å². The number of hydrogen-bond donors (Lipinski definition) is 3. The molecule has 0 radical (unpaired) electrons. The number of unbranched alkanes of at least 4 members (excludes halogenated alkanes) is 1. The van der Waals surface area contributed by atoms with Crippen LogP contribution in [0.15, 0.2) is 10.6 Å². The van der Waals surface area contributed by atoms with E-state index < -0.39 is 5.97 Å². The molecule has 3 N–H and O–H groups in total. The lowest BCUT2D eigenvalue weighted by Gasteiger charge is -2.47. The summed E-state index contributed by atoms with van der Waals surface area (Å²) in [6.07, 6.45) is 2.79. The Balaban J connectivity index is 1.72. The van der Waals surface area contributed by atoms with Gasteiger partial charge in [0.15, 0.2) is 0 Å². The Morgan fingerprint density at radius 2 is 2.10 bits per heavy atom. The Kier molecular flexibility index (Phi) is 7.14. The van der Waals surface area contributed by atoms with Crippen molar-refractivity contribution < 1.29 is 19.5 Å². The number of aliphatic carboxylic acids is 1. The van der Waals surface area contributed by atoms with Gasteiger partial charge in [0, 0.05) is 42.8 Å². The highest BCUT2D eigenvalue weighted by Crippen LogP contribution is 2.51. The lowest BCUT2D eigenvalue weighted by Crippen LogP contribution is -2.65. The standard InChI is InChI=1S/C21H34N4O4S/c1-6-7-8-22-12(3)15-16-11(2)18(17(21(28)29)25(16)20(15)27)30-13-9-14(23-10-13)19(26)24(4)5/h11-16,22-23H,6-10H2,1-5H3,(H,28,29)/t11-,12-,13+,14+,15-,16-/m1/s1. The lowest BCUT2D eigenvalue weighted by molar-refractivity contribution is -0.158. The van der Waals surface area contributed by atoms with Gasteiger partial charge in [-0.1, -0.05) is 20.3 Å². The zero-order valence-electron chi connectivity index (χ0n) is 18.5. The molecule has 3 heterocycles. The summed E-state index contributed by atoms with van der Waals surface area (Å²) in [6, 6.07) is -0.330. The van der Waals surface area contributed by atoms with Gasteiger partial charge in [-0.2, -0.15) is 0 Å². The molecule has 30 heavy (non-hydrogen) atoms. The number of nitrogens with one attached hydrogen (secondary N) is 2. The summed E-state index contributed by atoms with van der Waals surface area (Å²) >= 11 is 1.53. The fraction of sp³-hybridized carbons (Fsp3) is 0.762. The number of carboxylic acid groups (broad SMARTS) is 1. The number of carbonyl (C=O) groups excluding carboxylic acids is 2. The first-order valence-corrected chi connectivity index (χ1v) is 11.7. The number of carbonyl (C=O) groups is 3. The van der Waals surface area contributed by atoms with Crippen LogP contribution >= 0.6 is 11.8 Å². The van der Waals surface area contributed by atoms with Crippen molar-refractivity contribution in [1.82, 2.24) is 20.4 Å². The zero-order valence-corrected chi connectivity index (χ0v) is 19.3. The number of hydrogen-bond acceptors (Lipinski definition) is 6. The smallest absolute Gasteiger partial charge is 0.353 e. The van der Waals surface area contributed by atoms with Gasteiger partial charge in [0.2, 0.25) is 11.8 Å². The van der Waals surface area contributed by atoms with Crippen LogP contribution in [0, 0.1) is 11.8 Å². The second kappa shape index (κ2) is 9.28. The fourth-order valence-electron chi connectivity index (χ4n) is 4.80. The van der Waals surface area contributed by atoms with Crippen LogP contribution in [0.2, 0.25) is 0 Å². The van der Waals surface area contributed by atoms with Crippen LogP contribution in [-0.4, -0.2) is 83.3 Å².